The van der Waals surface area contributed by atoms with E-state index in [4.69, 9.17) is 9.47 Å². The van der Waals surface area contributed by atoms with E-state index in [9.17, 15) is 8.42 Å². The van der Waals surface area contributed by atoms with Crippen LogP contribution in [0.1, 0.15) is 32.6 Å². The van der Waals surface area contributed by atoms with Gasteiger partial charge in [0.15, 0.2) is 11.5 Å². The Kier molecular flexibility index (Phi) is 5.86. The van der Waals surface area contributed by atoms with E-state index in [0.29, 0.717) is 24.7 Å². The first-order valence-electron chi connectivity index (χ1n) is 9.12. The standard InChI is InChI=1S/C18H28N2O4S/c1-3-9-20-10-7-15(8-11-20)19(2)25(21,22)16-5-6-17-18(14-16)24-13-4-12-23-17/h5-6,14-15H,3-4,7-13H2,1-2H3. The van der Waals surface area contributed by atoms with Crippen molar-refractivity contribution in [2.24, 2.45) is 0 Å². The molecule has 7 heteroatoms. The Morgan fingerprint density at radius 3 is 2.52 bits per heavy atom. The summed E-state index contributed by atoms with van der Waals surface area (Å²) in [6.07, 6.45) is 3.68. The van der Waals surface area contributed by atoms with E-state index in [1.54, 1.807) is 25.2 Å². The monoisotopic (exact) mass is 368 g/mol. The molecule has 1 fully saturated rings. The van der Waals surface area contributed by atoms with Crippen LogP contribution in [0.4, 0.5) is 0 Å². The van der Waals surface area contributed by atoms with Crippen LogP contribution in [-0.4, -0.2) is 63.6 Å². The van der Waals surface area contributed by atoms with E-state index < -0.39 is 10.0 Å². The summed E-state index contributed by atoms with van der Waals surface area (Å²) >= 11 is 0. The van der Waals surface area contributed by atoms with Crippen molar-refractivity contribution in [3.63, 3.8) is 0 Å². The lowest BCUT2D eigenvalue weighted by molar-refractivity contribution is 0.170. The quantitative estimate of drug-likeness (QED) is 0.798. The molecule has 6 nitrogen and oxygen atoms in total. The molecular formula is C18H28N2O4S. The van der Waals surface area contributed by atoms with Crippen LogP contribution >= 0.6 is 0 Å². The van der Waals surface area contributed by atoms with Gasteiger partial charge in [-0.15, -0.1) is 0 Å². The molecule has 2 heterocycles. The summed E-state index contributed by atoms with van der Waals surface area (Å²) in [6, 6.07) is 4.96. The molecule has 0 unspecified atom stereocenters. The van der Waals surface area contributed by atoms with Crippen LogP contribution in [0.15, 0.2) is 23.1 Å². The fourth-order valence-electron chi connectivity index (χ4n) is 3.49. The smallest absolute Gasteiger partial charge is 0.243 e. The van der Waals surface area contributed by atoms with Crippen molar-refractivity contribution in [1.82, 2.24) is 9.21 Å². The molecule has 3 rings (SSSR count). The van der Waals surface area contributed by atoms with Crippen LogP contribution in [0.3, 0.4) is 0 Å². The first-order valence-corrected chi connectivity index (χ1v) is 10.6. The van der Waals surface area contributed by atoms with Gasteiger partial charge in [0.1, 0.15) is 0 Å². The zero-order valence-electron chi connectivity index (χ0n) is 15.1. The number of sulfonamides is 1. The topological polar surface area (TPSA) is 59.1 Å². The fraction of sp³-hybridized carbons (Fsp3) is 0.667. The van der Waals surface area contributed by atoms with Gasteiger partial charge in [0, 0.05) is 25.6 Å². The minimum absolute atomic E-state index is 0.0501. The second-order valence-corrected chi connectivity index (χ2v) is 8.75. The molecule has 2 aliphatic heterocycles. The van der Waals surface area contributed by atoms with Gasteiger partial charge in [-0.2, -0.15) is 4.31 Å². The normalized spacial score (nSPS) is 19.8. The third kappa shape index (κ3) is 4.10. The fourth-order valence-corrected chi connectivity index (χ4v) is 4.92. The van der Waals surface area contributed by atoms with E-state index in [0.717, 1.165) is 45.3 Å². The molecule has 2 aliphatic rings. The predicted molar refractivity (Wildman–Crippen MR) is 96.8 cm³/mol. The Labute approximate surface area is 150 Å². The lowest BCUT2D eigenvalue weighted by Gasteiger charge is -2.36. The van der Waals surface area contributed by atoms with E-state index >= 15 is 0 Å². The summed E-state index contributed by atoms with van der Waals surface area (Å²) in [5.74, 6) is 1.14. The molecule has 140 valence electrons. The van der Waals surface area contributed by atoms with Crippen molar-refractivity contribution in [3.05, 3.63) is 18.2 Å². The number of fused-ring (bicyclic) bond motifs is 1. The summed E-state index contributed by atoms with van der Waals surface area (Å²) in [6.45, 7) is 6.31. The van der Waals surface area contributed by atoms with Gasteiger partial charge in [0.2, 0.25) is 10.0 Å². The van der Waals surface area contributed by atoms with Gasteiger partial charge in [0.05, 0.1) is 18.1 Å². The molecule has 0 saturated carbocycles. The maximum Gasteiger partial charge on any atom is 0.243 e. The van der Waals surface area contributed by atoms with Crippen LogP contribution in [0.25, 0.3) is 0 Å². The maximum atomic E-state index is 13.0. The lowest BCUT2D eigenvalue weighted by atomic mass is 10.1. The predicted octanol–water partition coefficient (Wildman–Crippen LogP) is 2.34. The first-order chi connectivity index (χ1) is 12.0. The Balaban J connectivity index is 1.74. The highest BCUT2D eigenvalue weighted by Crippen LogP contribution is 2.33. The molecule has 0 atom stereocenters. The van der Waals surface area contributed by atoms with Crippen LogP contribution in [0, 0.1) is 0 Å². The summed E-state index contributed by atoms with van der Waals surface area (Å²) < 4.78 is 38.8. The van der Waals surface area contributed by atoms with Crippen molar-refractivity contribution < 1.29 is 17.9 Å². The Morgan fingerprint density at radius 1 is 1.16 bits per heavy atom. The Bertz CT molecular complexity index is 684. The number of likely N-dealkylation sites (tertiary alicyclic amines) is 1. The number of rotatable bonds is 5. The van der Waals surface area contributed by atoms with E-state index in [2.05, 4.69) is 11.8 Å². The second kappa shape index (κ2) is 7.93. The Hall–Kier alpha value is -1.31. The van der Waals surface area contributed by atoms with Crippen LogP contribution in [-0.2, 0) is 10.0 Å². The van der Waals surface area contributed by atoms with E-state index in [1.807, 2.05) is 0 Å². The minimum atomic E-state index is -3.53. The summed E-state index contributed by atoms with van der Waals surface area (Å²) in [7, 11) is -1.84. The van der Waals surface area contributed by atoms with Gasteiger partial charge in [0.25, 0.3) is 0 Å². The van der Waals surface area contributed by atoms with Gasteiger partial charge < -0.3 is 14.4 Å². The van der Waals surface area contributed by atoms with E-state index in [1.165, 1.54) is 4.31 Å². The second-order valence-electron chi connectivity index (χ2n) is 6.75. The summed E-state index contributed by atoms with van der Waals surface area (Å²) in [4.78, 5) is 2.68. The highest BCUT2D eigenvalue weighted by Gasteiger charge is 2.31. The molecule has 25 heavy (non-hydrogen) atoms. The molecule has 0 aliphatic carbocycles. The van der Waals surface area contributed by atoms with Crippen molar-refractivity contribution in [2.75, 3.05) is 39.9 Å². The molecule has 0 radical (unpaired) electrons. The molecule has 0 N–H and O–H groups in total. The third-order valence-corrected chi connectivity index (χ3v) is 6.91. The number of benzene rings is 1. The number of ether oxygens (including phenoxy) is 2. The molecule has 0 amide bonds. The van der Waals surface area contributed by atoms with Gasteiger partial charge >= 0.3 is 0 Å². The van der Waals surface area contributed by atoms with Crippen molar-refractivity contribution in [2.45, 2.75) is 43.5 Å². The maximum absolute atomic E-state index is 13.0. The Morgan fingerprint density at radius 2 is 1.84 bits per heavy atom. The number of hydrogen-bond donors (Lipinski definition) is 0. The molecular weight excluding hydrogens is 340 g/mol. The molecule has 0 spiro atoms. The van der Waals surface area contributed by atoms with Crippen LogP contribution in [0.5, 0.6) is 11.5 Å². The molecule has 0 bridgehead atoms. The summed E-state index contributed by atoms with van der Waals surface area (Å²) in [5.41, 5.74) is 0. The molecule has 1 aromatic rings. The zero-order chi connectivity index (χ0) is 17.9. The molecule has 1 aromatic carbocycles. The summed E-state index contributed by atoms with van der Waals surface area (Å²) in [5, 5.41) is 0. The van der Waals surface area contributed by atoms with E-state index in [-0.39, 0.29) is 10.9 Å². The lowest BCUT2D eigenvalue weighted by Crippen LogP contribution is -2.45. The van der Waals surface area contributed by atoms with Crippen molar-refractivity contribution >= 4 is 10.0 Å². The third-order valence-electron chi connectivity index (χ3n) is 5.01. The molecule has 1 saturated heterocycles. The average molecular weight is 368 g/mol. The largest absolute Gasteiger partial charge is 0.490 e. The highest BCUT2D eigenvalue weighted by atomic mass is 32.2. The molecule has 0 aromatic heterocycles. The number of hydrogen-bond acceptors (Lipinski definition) is 5. The van der Waals surface area contributed by atoms with Gasteiger partial charge in [-0.05, 0) is 51.0 Å². The SMILES string of the molecule is CCCN1CCC(N(C)S(=O)(=O)c2ccc3c(c2)OCCCO3)CC1. The number of nitrogens with zero attached hydrogens (tertiary/aromatic N) is 2. The van der Waals surface area contributed by atoms with Gasteiger partial charge in [-0.1, -0.05) is 6.92 Å². The average Bonchev–Trinajstić information content (AvgIpc) is 2.86. The number of piperidine rings is 1. The minimum Gasteiger partial charge on any atom is -0.490 e. The van der Waals surface area contributed by atoms with Gasteiger partial charge in [-0.3, -0.25) is 0 Å². The van der Waals surface area contributed by atoms with Crippen molar-refractivity contribution in [3.8, 4) is 11.5 Å². The van der Waals surface area contributed by atoms with Crippen LogP contribution in [0.2, 0.25) is 0 Å². The van der Waals surface area contributed by atoms with Crippen molar-refractivity contribution in [1.29, 1.82) is 0 Å². The first kappa shape index (κ1) is 18.5. The highest BCUT2D eigenvalue weighted by molar-refractivity contribution is 7.89. The van der Waals surface area contributed by atoms with Gasteiger partial charge in [-0.25, -0.2) is 8.42 Å². The van der Waals surface area contributed by atoms with Crippen LogP contribution < -0.4 is 9.47 Å². The zero-order valence-corrected chi connectivity index (χ0v) is 15.9.